The van der Waals surface area contributed by atoms with Crippen LogP contribution in [0, 0.1) is 0 Å². The van der Waals surface area contributed by atoms with Gasteiger partial charge in [-0.25, -0.2) is 0 Å². The molecule has 1 aliphatic heterocycles. The molecule has 0 amide bonds. The Labute approximate surface area is 95.8 Å². The summed E-state index contributed by atoms with van der Waals surface area (Å²) in [5, 5.41) is 0. The van der Waals surface area contributed by atoms with Crippen LogP contribution in [0.15, 0.2) is 12.1 Å². The zero-order chi connectivity index (χ0) is 10.7. The Hall–Kier alpha value is -0.860. The molecule has 0 spiro atoms. The van der Waals surface area contributed by atoms with Gasteiger partial charge in [0.05, 0.1) is 19.3 Å². The summed E-state index contributed by atoms with van der Waals surface area (Å²) in [5.41, 5.74) is 12.2. The summed E-state index contributed by atoms with van der Waals surface area (Å²) in [6.07, 6.45) is 4.14. The predicted molar refractivity (Wildman–Crippen MR) is 62.4 cm³/mol. The first-order chi connectivity index (χ1) is 7.84. The smallest absolute Gasteiger partial charge is 0.0721 e. The lowest BCUT2D eigenvalue weighted by Crippen LogP contribution is -2.26. The molecule has 3 atom stereocenters. The van der Waals surface area contributed by atoms with Gasteiger partial charge in [0.2, 0.25) is 0 Å². The van der Waals surface area contributed by atoms with Gasteiger partial charge in [-0.05, 0) is 53.4 Å². The minimum Gasteiger partial charge on any atom is -0.375 e. The quantitative estimate of drug-likeness (QED) is 0.722. The van der Waals surface area contributed by atoms with Crippen LogP contribution in [0.1, 0.15) is 59.4 Å². The van der Waals surface area contributed by atoms with Crippen LogP contribution in [0.4, 0.5) is 0 Å². The molecule has 0 aromatic heterocycles. The van der Waals surface area contributed by atoms with Crippen molar-refractivity contribution in [1.82, 2.24) is 0 Å². The van der Waals surface area contributed by atoms with Crippen molar-refractivity contribution in [3.05, 3.63) is 34.4 Å². The standard InChI is InChI=1S/C14H17NO/c15-12-7-16-6-10-3-4-11-8-1-2-9(5-8)13(11)14(10)12/h3-4,8-9,12H,1-2,5-7,15H2. The first-order valence-electron chi connectivity index (χ1n) is 6.33. The molecular formula is C14H17NO. The molecule has 0 radical (unpaired) electrons. The van der Waals surface area contributed by atoms with Crippen molar-refractivity contribution in [2.24, 2.45) is 5.73 Å². The van der Waals surface area contributed by atoms with Crippen LogP contribution in [0.25, 0.3) is 0 Å². The molecule has 1 aromatic rings. The van der Waals surface area contributed by atoms with Crippen molar-refractivity contribution < 1.29 is 4.74 Å². The van der Waals surface area contributed by atoms with Crippen LogP contribution in [-0.2, 0) is 11.3 Å². The van der Waals surface area contributed by atoms with E-state index in [4.69, 9.17) is 10.5 Å². The summed E-state index contributed by atoms with van der Waals surface area (Å²) in [6.45, 7) is 1.45. The molecule has 2 nitrogen and oxygen atoms in total. The van der Waals surface area contributed by atoms with Gasteiger partial charge in [-0.3, -0.25) is 0 Å². The number of hydrogen-bond acceptors (Lipinski definition) is 2. The van der Waals surface area contributed by atoms with Gasteiger partial charge in [0.1, 0.15) is 0 Å². The second-order valence-corrected chi connectivity index (χ2v) is 5.47. The van der Waals surface area contributed by atoms with Crippen LogP contribution in [-0.4, -0.2) is 6.61 Å². The molecule has 2 bridgehead atoms. The van der Waals surface area contributed by atoms with Gasteiger partial charge in [-0.15, -0.1) is 0 Å². The average molecular weight is 215 g/mol. The monoisotopic (exact) mass is 215 g/mol. The molecule has 1 fully saturated rings. The number of ether oxygens (including phenoxy) is 1. The number of rotatable bonds is 0. The van der Waals surface area contributed by atoms with Gasteiger partial charge >= 0.3 is 0 Å². The van der Waals surface area contributed by atoms with Crippen molar-refractivity contribution in [1.29, 1.82) is 0 Å². The zero-order valence-electron chi connectivity index (χ0n) is 9.41. The Kier molecular flexibility index (Phi) is 1.77. The second-order valence-electron chi connectivity index (χ2n) is 5.47. The maximum atomic E-state index is 6.23. The summed E-state index contributed by atoms with van der Waals surface area (Å²) in [5.74, 6) is 1.64. The molecule has 1 aromatic carbocycles. The first kappa shape index (κ1) is 9.20. The Morgan fingerprint density at radius 1 is 1.12 bits per heavy atom. The van der Waals surface area contributed by atoms with Crippen LogP contribution >= 0.6 is 0 Å². The summed E-state index contributed by atoms with van der Waals surface area (Å²) in [6, 6.07) is 4.69. The molecule has 3 aliphatic rings. The molecule has 84 valence electrons. The predicted octanol–water partition coefficient (Wildman–Crippen LogP) is 2.58. The molecule has 1 heterocycles. The fourth-order valence-electron chi connectivity index (χ4n) is 3.98. The Morgan fingerprint density at radius 3 is 2.94 bits per heavy atom. The van der Waals surface area contributed by atoms with E-state index >= 15 is 0 Å². The van der Waals surface area contributed by atoms with Gasteiger partial charge in [0.15, 0.2) is 0 Å². The molecule has 3 unspecified atom stereocenters. The maximum Gasteiger partial charge on any atom is 0.0721 e. The molecule has 4 rings (SSSR count). The molecule has 1 saturated carbocycles. The third-order valence-electron chi connectivity index (χ3n) is 4.62. The fraction of sp³-hybridized carbons (Fsp3) is 0.571. The lowest BCUT2D eigenvalue weighted by atomic mass is 9.83. The van der Waals surface area contributed by atoms with Crippen molar-refractivity contribution in [2.45, 2.75) is 43.7 Å². The fourth-order valence-corrected chi connectivity index (χ4v) is 3.98. The first-order valence-corrected chi connectivity index (χ1v) is 6.33. The van der Waals surface area contributed by atoms with E-state index < -0.39 is 0 Å². The summed E-state index contributed by atoms with van der Waals surface area (Å²) in [7, 11) is 0. The Morgan fingerprint density at radius 2 is 2.00 bits per heavy atom. The lowest BCUT2D eigenvalue weighted by molar-refractivity contribution is 0.0918. The normalized spacial score (nSPS) is 34.9. The van der Waals surface area contributed by atoms with E-state index in [1.54, 1.807) is 11.1 Å². The van der Waals surface area contributed by atoms with Gasteiger partial charge in [-0.2, -0.15) is 0 Å². The molecule has 2 heteroatoms. The Balaban J connectivity index is 1.96. The topological polar surface area (TPSA) is 35.2 Å². The SMILES string of the molecule is NC1COCc2ccc3c(c21)C1CCC3C1. The van der Waals surface area contributed by atoms with Crippen molar-refractivity contribution in [2.75, 3.05) is 6.61 Å². The average Bonchev–Trinajstić information content (AvgIpc) is 2.89. The van der Waals surface area contributed by atoms with E-state index in [9.17, 15) is 0 Å². The largest absolute Gasteiger partial charge is 0.375 e. The molecular weight excluding hydrogens is 198 g/mol. The molecule has 2 N–H and O–H groups in total. The second kappa shape index (κ2) is 3.08. The molecule has 16 heavy (non-hydrogen) atoms. The minimum atomic E-state index is 0.109. The number of fused-ring (bicyclic) bond motifs is 7. The number of benzene rings is 1. The highest BCUT2D eigenvalue weighted by atomic mass is 16.5. The summed E-state index contributed by atoms with van der Waals surface area (Å²) < 4.78 is 5.52. The zero-order valence-corrected chi connectivity index (χ0v) is 9.41. The number of nitrogens with two attached hydrogens (primary N) is 1. The van der Waals surface area contributed by atoms with E-state index in [0.717, 1.165) is 18.4 Å². The number of hydrogen-bond donors (Lipinski definition) is 1. The molecule has 0 saturated heterocycles. The van der Waals surface area contributed by atoms with Crippen molar-refractivity contribution in [3.63, 3.8) is 0 Å². The van der Waals surface area contributed by atoms with E-state index in [2.05, 4.69) is 12.1 Å². The summed E-state index contributed by atoms with van der Waals surface area (Å²) >= 11 is 0. The molecule has 2 aliphatic carbocycles. The van der Waals surface area contributed by atoms with Gasteiger partial charge in [-0.1, -0.05) is 12.1 Å². The third-order valence-corrected chi connectivity index (χ3v) is 4.62. The van der Waals surface area contributed by atoms with E-state index in [0.29, 0.717) is 6.61 Å². The highest BCUT2D eigenvalue weighted by Crippen LogP contribution is 2.55. The lowest BCUT2D eigenvalue weighted by Gasteiger charge is -2.29. The van der Waals surface area contributed by atoms with Crippen molar-refractivity contribution >= 4 is 0 Å². The minimum absolute atomic E-state index is 0.109. The Bertz CT molecular complexity index is 454. The van der Waals surface area contributed by atoms with Crippen LogP contribution in [0.2, 0.25) is 0 Å². The summed E-state index contributed by atoms with van der Waals surface area (Å²) in [4.78, 5) is 0. The van der Waals surface area contributed by atoms with E-state index in [-0.39, 0.29) is 6.04 Å². The maximum absolute atomic E-state index is 6.23. The van der Waals surface area contributed by atoms with Crippen molar-refractivity contribution in [3.8, 4) is 0 Å². The third kappa shape index (κ3) is 1.04. The van der Waals surface area contributed by atoms with E-state index in [1.165, 1.54) is 30.4 Å². The van der Waals surface area contributed by atoms with Gasteiger partial charge in [0, 0.05) is 0 Å². The van der Waals surface area contributed by atoms with Gasteiger partial charge in [0.25, 0.3) is 0 Å². The van der Waals surface area contributed by atoms with Crippen LogP contribution in [0.3, 0.4) is 0 Å². The highest BCUT2D eigenvalue weighted by molar-refractivity contribution is 5.51. The van der Waals surface area contributed by atoms with Gasteiger partial charge < -0.3 is 10.5 Å². The van der Waals surface area contributed by atoms with Crippen LogP contribution in [0.5, 0.6) is 0 Å². The highest BCUT2D eigenvalue weighted by Gasteiger charge is 2.40. The van der Waals surface area contributed by atoms with Crippen LogP contribution < -0.4 is 5.73 Å². The van der Waals surface area contributed by atoms with E-state index in [1.807, 2.05) is 0 Å².